The van der Waals surface area contributed by atoms with Crippen LogP contribution in [0.3, 0.4) is 0 Å². The maximum Gasteiger partial charge on any atom is 0.0594 e. The topological polar surface area (TPSA) is 15.7 Å². The Morgan fingerprint density at radius 2 is 1.00 bits per heavy atom. The molecule has 2 aliphatic rings. The molecule has 0 aromatic heterocycles. The van der Waals surface area contributed by atoms with Crippen LogP contribution in [-0.4, -0.2) is 60.3 Å². The highest BCUT2D eigenvalue weighted by atomic mass is 16.5. The van der Waals surface area contributed by atoms with E-state index in [1.54, 1.807) is 0 Å². The molecule has 0 saturated carbocycles. The van der Waals surface area contributed by atoms with Crippen LogP contribution in [0.25, 0.3) is 0 Å². The Morgan fingerprint density at radius 3 is 1.26 bits per heavy atom. The third-order valence-electron chi connectivity index (χ3n) is 4.01. The lowest BCUT2D eigenvalue weighted by atomic mass is 10.1. The predicted octanol–water partition coefficient (Wildman–Crippen LogP) is 3.00. The van der Waals surface area contributed by atoms with Crippen LogP contribution >= 0.6 is 0 Å². The molecule has 3 heteroatoms. The van der Waals surface area contributed by atoms with E-state index in [0.717, 1.165) is 26.3 Å². The van der Waals surface area contributed by atoms with E-state index in [4.69, 9.17) is 4.74 Å². The van der Waals surface area contributed by atoms with Crippen molar-refractivity contribution in [1.82, 2.24) is 9.80 Å². The zero-order valence-corrected chi connectivity index (χ0v) is 14.0. The van der Waals surface area contributed by atoms with Gasteiger partial charge in [0.05, 0.1) is 13.2 Å². The van der Waals surface area contributed by atoms with Crippen LogP contribution in [0, 0.1) is 0 Å². The van der Waals surface area contributed by atoms with Crippen molar-refractivity contribution in [2.24, 2.45) is 0 Å². The summed E-state index contributed by atoms with van der Waals surface area (Å²) in [6, 6.07) is 0. The monoisotopic (exact) mass is 270 g/mol. The van der Waals surface area contributed by atoms with Crippen molar-refractivity contribution in [2.45, 2.75) is 65.5 Å². The summed E-state index contributed by atoms with van der Waals surface area (Å²) in [6.45, 7) is 20.2. The highest BCUT2D eigenvalue weighted by Gasteiger charge is 2.23. The molecular weight excluding hydrogens is 236 g/mol. The molecule has 0 aliphatic carbocycles. The van der Waals surface area contributed by atoms with E-state index in [9.17, 15) is 0 Å². The normalized spacial score (nSPS) is 23.1. The minimum absolute atomic E-state index is 0.323. The molecule has 2 saturated heterocycles. The lowest BCUT2D eigenvalue weighted by molar-refractivity contribution is -0.00389. The number of likely N-dealkylation sites (tertiary alicyclic amines) is 1. The largest absolute Gasteiger partial charge is 0.379 e. The summed E-state index contributed by atoms with van der Waals surface area (Å²) < 4.78 is 5.25. The number of hydrogen-bond donors (Lipinski definition) is 0. The molecule has 0 atom stereocenters. The molecule has 0 radical (unpaired) electrons. The average Bonchev–Trinajstić information content (AvgIpc) is 2.83. The minimum atomic E-state index is 0.323. The number of nitrogens with zero attached hydrogens (tertiary/aromatic N) is 2. The van der Waals surface area contributed by atoms with Gasteiger partial charge in [-0.05, 0) is 67.5 Å². The van der Waals surface area contributed by atoms with Crippen LogP contribution < -0.4 is 0 Å². The summed E-state index contributed by atoms with van der Waals surface area (Å²) in [5.41, 5.74) is 0.736. The average molecular weight is 270 g/mol. The first-order valence-corrected chi connectivity index (χ1v) is 7.79. The highest BCUT2D eigenvalue weighted by Crippen LogP contribution is 2.19. The van der Waals surface area contributed by atoms with Gasteiger partial charge in [0.1, 0.15) is 0 Å². The van der Waals surface area contributed by atoms with E-state index in [0.29, 0.717) is 11.1 Å². The second-order valence-corrected chi connectivity index (χ2v) is 7.64. The van der Waals surface area contributed by atoms with Crippen molar-refractivity contribution >= 4 is 0 Å². The Labute approximate surface area is 120 Å². The summed E-state index contributed by atoms with van der Waals surface area (Å²) in [5.74, 6) is 0. The Bertz CT molecular complexity index is 240. The SMILES string of the molecule is CC(C)(C)N1CCCC1.CC(C)(C)N1CCOCC1. The molecule has 3 nitrogen and oxygen atoms in total. The van der Waals surface area contributed by atoms with Crippen LogP contribution in [0.2, 0.25) is 0 Å². The summed E-state index contributed by atoms with van der Waals surface area (Å²) in [4.78, 5) is 5.00. The van der Waals surface area contributed by atoms with E-state index in [1.807, 2.05) is 0 Å². The Balaban J connectivity index is 0.000000191. The fourth-order valence-electron chi connectivity index (χ4n) is 2.62. The lowest BCUT2D eigenvalue weighted by Crippen LogP contribution is -2.47. The van der Waals surface area contributed by atoms with Crippen molar-refractivity contribution < 1.29 is 4.74 Å². The Hall–Kier alpha value is -0.120. The number of ether oxygens (including phenoxy) is 1. The summed E-state index contributed by atoms with van der Waals surface area (Å²) in [5, 5.41) is 0. The van der Waals surface area contributed by atoms with Gasteiger partial charge in [-0.3, -0.25) is 9.80 Å². The second kappa shape index (κ2) is 7.05. The Kier molecular flexibility index (Phi) is 6.28. The number of hydrogen-bond acceptors (Lipinski definition) is 3. The van der Waals surface area contributed by atoms with Crippen LogP contribution in [-0.2, 0) is 4.74 Å². The van der Waals surface area contributed by atoms with Gasteiger partial charge in [0.2, 0.25) is 0 Å². The Morgan fingerprint density at radius 1 is 0.632 bits per heavy atom. The van der Waals surface area contributed by atoms with Gasteiger partial charge in [-0.2, -0.15) is 0 Å². The quantitative estimate of drug-likeness (QED) is 0.673. The van der Waals surface area contributed by atoms with E-state index < -0.39 is 0 Å². The maximum atomic E-state index is 5.25. The minimum Gasteiger partial charge on any atom is -0.379 e. The van der Waals surface area contributed by atoms with Crippen LogP contribution in [0.5, 0.6) is 0 Å². The highest BCUT2D eigenvalue weighted by molar-refractivity contribution is 4.79. The van der Waals surface area contributed by atoms with Gasteiger partial charge in [-0.25, -0.2) is 0 Å². The second-order valence-electron chi connectivity index (χ2n) is 7.64. The van der Waals surface area contributed by atoms with E-state index in [-0.39, 0.29) is 0 Å². The molecular formula is C16H34N2O. The summed E-state index contributed by atoms with van der Waals surface area (Å²) in [6.07, 6.45) is 2.80. The van der Waals surface area contributed by atoms with Gasteiger partial charge < -0.3 is 4.74 Å². The fourth-order valence-corrected chi connectivity index (χ4v) is 2.62. The van der Waals surface area contributed by atoms with Crippen LogP contribution in [0.4, 0.5) is 0 Å². The first-order valence-electron chi connectivity index (χ1n) is 7.79. The first-order chi connectivity index (χ1) is 8.71. The van der Waals surface area contributed by atoms with Gasteiger partial charge in [0.15, 0.2) is 0 Å². The van der Waals surface area contributed by atoms with Gasteiger partial charge in [-0.15, -0.1) is 0 Å². The van der Waals surface area contributed by atoms with E-state index in [2.05, 4.69) is 51.3 Å². The summed E-state index contributed by atoms with van der Waals surface area (Å²) >= 11 is 0. The molecule has 0 aromatic carbocycles. The standard InChI is InChI=1S/C8H17NO.C8H17N/c1-8(2,3)9-4-6-10-7-5-9;1-8(2,3)9-6-4-5-7-9/h4-7H2,1-3H3;4-7H2,1-3H3. The van der Waals surface area contributed by atoms with E-state index >= 15 is 0 Å². The lowest BCUT2D eigenvalue weighted by Gasteiger charge is -2.38. The number of morpholine rings is 1. The van der Waals surface area contributed by atoms with Crippen molar-refractivity contribution in [3.8, 4) is 0 Å². The fraction of sp³-hybridized carbons (Fsp3) is 1.00. The zero-order valence-electron chi connectivity index (χ0n) is 14.0. The molecule has 2 heterocycles. The molecule has 19 heavy (non-hydrogen) atoms. The maximum absolute atomic E-state index is 5.25. The molecule has 2 fully saturated rings. The molecule has 0 bridgehead atoms. The van der Waals surface area contributed by atoms with Gasteiger partial charge in [-0.1, -0.05) is 0 Å². The molecule has 0 N–H and O–H groups in total. The zero-order chi connectivity index (χ0) is 14.5. The molecule has 114 valence electrons. The third-order valence-corrected chi connectivity index (χ3v) is 4.01. The van der Waals surface area contributed by atoms with Crippen molar-refractivity contribution in [1.29, 1.82) is 0 Å². The molecule has 2 aliphatic heterocycles. The van der Waals surface area contributed by atoms with Crippen molar-refractivity contribution in [3.63, 3.8) is 0 Å². The third kappa shape index (κ3) is 6.24. The summed E-state index contributed by atoms with van der Waals surface area (Å²) in [7, 11) is 0. The van der Waals surface area contributed by atoms with Crippen molar-refractivity contribution in [3.05, 3.63) is 0 Å². The molecule has 0 aromatic rings. The van der Waals surface area contributed by atoms with Crippen molar-refractivity contribution in [2.75, 3.05) is 39.4 Å². The van der Waals surface area contributed by atoms with Crippen LogP contribution in [0.1, 0.15) is 54.4 Å². The molecule has 0 unspecified atom stereocenters. The first kappa shape index (κ1) is 16.9. The smallest absolute Gasteiger partial charge is 0.0594 e. The predicted molar refractivity (Wildman–Crippen MR) is 82.7 cm³/mol. The van der Waals surface area contributed by atoms with Gasteiger partial charge in [0, 0.05) is 24.2 Å². The van der Waals surface area contributed by atoms with E-state index in [1.165, 1.54) is 25.9 Å². The molecule has 0 spiro atoms. The van der Waals surface area contributed by atoms with Gasteiger partial charge >= 0.3 is 0 Å². The van der Waals surface area contributed by atoms with Gasteiger partial charge in [0.25, 0.3) is 0 Å². The van der Waals surface area contributed by atoms with Crippen LogP contribution in [0.15, 0.2) is 0 Å². The molecule has 0 amide bonds. The molecule has 2 rings (SSSR count). The number of rotatable bonds is 0.